The van der Waals surface area contributed by atoms with Gasteiger partial charge in [0.05, 0.1) is 25.4 Å². The molecule has 0 aromatic heterocycles. The maximum atomic E-state index is 11.8. The van der Waals surface area contributed by atoms with E-state index in [-0.39, 0.29) is 11.4 Å². The summed E-state index contributed by atoms with van der Waals surface area (Å²) in [5.74, 6) is -1.32. The molecule has 0 radical (unpaired) electrons. The van der Waals surface area contributed by atoms with E-state index in [4.69, 9.17) is 9.47 Å². The van der Waals surface area contributed by atoms with E-state index in [9.17, 15) is 19.7 Å². The fourth-order valence-corrected chi connectivity index (χ4v) is 2.03. The Hall–Kier alpha value is -3.95. The number of rotatable bonds is 6. The van der Waals surface area contributed by atoms with Gasteiger partial charge in [-0.25, -0.2) is 5.43 Å². The third kappa shape index (κ3) is 5.26. The third-order valence-electron chi connectivity index (χ3n) is 3.31. The molecule has 2 N–H and O–H groups in total. The van der Waals surface area contributed by atoms with Gasteiger partial charge in [-0.3, -0.25) is 19.7 Å². The smallest absolute Gasteiger partial charge is 0.329 e. The number of nitrogens with zero attached hydrogens (tertiary/aromatic N) is 2. The Labute approximate surface area is 153 Å². The first-order valence-electron chi connectivity index (χ1n) is 7.55. The number of hydrogen-bond donors (Lipinski definition) is 2. The van der Waals surface area contributed by atoms with Crippen LogP contribution in [0.1, 0.15) is 5.56 Å². The van der Waals surface area contributed by atoms with Crippen molar-refractivity contribution in [3.63, 3.8) is 0 Å². The molecule has 0 aliphatic rings. The minimum Gasteiger partial charge on any atom is -0.497 e. The number of hydrazone groups is 1. The van der Waals surface area contributed by atoms with Crippen molar-refractivity contribution in [1.29, 1.82) is 0 Å². The van der Waals surface area contributed by atoms with Gasteiger partial charge in [0.25, 0.3) is 0 Å². The summed E-state index contributed by atoms with van der Waals surface area (Å²) >= 11 is 0. The van der Waals surface area contributed by atoms with E-state index in [1.54, 1.807) is 24.3 Å². The first kappa shape index (κ1) is 19.4. The average Bonchev–Trinajstić information content (AvgIpc) is 2.67. The molecule has 0 spiro atoms. The van der Waals surface area contributed by atoms with E-state index >= 15 is 0 Å². The van der Waals surface area contributed by atoms with Crippen molar-refractivity contribution in [2.75, 3.05) is 19.5 Å². The molecule has 0 saturated heterocycles. The van der Waals surface area contributed by atoms with Crippen molar-refractivity contribution in [3.8, 4) is 11.5 Å². The minimum absolute atomic E-state index is 0.0962. The monoisotopic (exact) mass is 372 g/mol. The number of nitro benzene ring substituents is 1. The molecular formula is C17H16N4O6. The number of carbonyl (C=O) groups excluding carboxylic acids is 2. The number of nitrogens with one attached hydrogen (secondary N) is 2. The number of carbonyl (C=O) groups is 2. The van der Waals surface area contributed by atoms with Gasteiger partial charge in [0.15, 0.2) is 5.75 Å². The lowest BCUT2D eigenvalue weighted by atomic mass is 10.2. The van der Waals surface area contributed by atoms with Gasteiger partial charge in [-0.1, -0.05) is 6.07 Å². The van der Waals surface area contributed by atoms with Crippen LogP contribution in [0.3, 0.4) is 0 Å². The van der Waals surface area contributed by atoms with Crippen molar-refractivity contribution in [1.82, 2.24) is 5.43 Å². The topological polar surface area (TPSA) is 132 Å². The lowest BCUT2D eigenvalue weighted by molar-refractivity contribution is -0.385. The molecule has 0 bridgehead atoms. The second-order valence-electron chi connectivity index (χ2n) is 5.07. The molecule has 2 amide bonds. The van der Waals surface area contributed by atoms with Crippen molar-refractivity contribution < 1.29 is 24.0 Å². The fourth-order valence-electron chi connectivity index (χ4n) is 2.03. The highest BCUT2D eigenvalue weighted by atomic mass is 16.6. The van der Waals surface area contributed by atoms with Crippen molar-refractivity contribution in [2.45, 2.75) is 0 Å². The predicted molar refractivity (Wildman–Crippen MR) is 97.0 cm³/mol. The fraction of sp³-hybridized carbons (Fsp3) is 0.118. The summed E-state index contributed by atoms with van der Waals surface area (Å²) in [5, 5.41) is 17.0. The summed E-state index contributed by atoms with van der Waals surface area (Å²) in [6.07, 6.45) is 1.17. The molecule has 0 saturated carbocycles. The molecule has 0 aliphatic heterocycles. The van der Waals surface area contributed by atoms with E-state index in [0.717, 1.165) is 0 Å². The molecule has 27 heavy (non-hydrogen) atoms. The van der Waals surface area contributed by atoms with Crippen LogP contribution in [-0.4, -0.2) is 37.2 Å². The average molecular weight is 372 g/mol. The van der Waals surface area contributed by atoms with Gasteiger partial charge in [0.1, 0.15) is 5.75 Å². The Morgan fingerprint density at radius 3 is 2.56 bits per heavy atom. The van der Waals surface area contributed by atoms with E-state index < -0.39 is 16.7 Å². The molecule has 2 aromatic carbocycles. The number of hydrogen-bond acceptors (Lipinski definition) is 7. The van der Waals surface area contributed by atoms with Crippen LogP contribution in [0.5, 0.6) is 11.5 Å². The standard InChI is InChI=1S/C17H16N4O6/c1-26-13-5-3-4-12(9-13)19-16(22)17(23)20-18-10-11-6-7-15(27-2)14(8-11)21(24)25/h3-10H,1-2H3,(H,19,22)(H,20,23)/b18-10-. The zero-order valence-corrected chi connectivity index (χ0v) is 14.5. The SMILES string of the molecule is COc1cccc(NC(=O)C(=O)N/N=C\c2ccc(OC)c([N+](=O)[O-])c2)c1. The predicted octanol–water partition coefficient (Wildman–Crippen LogP) is 1.70. The zero-order valence-electron chi connectivity index (χ0n) is 14.5. The Bertz CT molecular complexity index is 897. The Kier molecular flexibility index (Phi) is 6.42. The first-order valence-corrected chi connectivity index (χ1v) is 7.55. The van der Waals surface area contributed by atoms with Crippen LogP contribution in [0.25, 0.3) is 0 Å². The van der Waals surface area contributed by atoms with Gasteiger partial charge in [0.2, 0.25) is 0 Å². The lowest BCUT2D eigenvalue weighted by Gasteiger charge is -2.06. The van der Waals surface area contributed by atoms with Gasteiger partial charge in [-0.05, 0) is 24.3 Å². The highest BCUT2D eigenvalue weighted by molar-refractivity contribution is 6.39. The van der Waals surface area contributed by atoms with Crippen LogP contribution in [-0.2, 0) is 9.59 Å². The number of amides is 2. The Morgan fingerprint density at radius 2 is 1.89 bits per heavy atom. The highest BCUT2D eigenvalue weighted by Crippen LogP contribution is 2.26. The lowest BCUT2D eigenvalue weighted by Crippen LogP contribution is -2.32. The van der Waals surface area contributed by atoms with Crippen molar-refractivity contribution in [2.24, 2.45) is 5.10 Å². The minimum atomic E-state index is -1.00. The molecule has 10 nitrogen and oxygen atoms in total. The summed E-state index contributed by atoms with van der Waals surface area (Å²) in [7, 11) is 2.79. The molecule has 2 aromatic rings. The summed E-state index contributed by atoms with van der Waals surface area (Å²) in [6, 6.07) is 10.6. The van der Waals surface area contributed by atoms with Crippen LogP contribution in [0, 0.1) is 10.1 Å². The van der Waals surface area contributed by atoms with Crippen molar-refractivity contribution >= 4 is 29.4 Å². The molecule has 0 fully saturated rings. The van der Waals surface area contributed by atoms with Crippen LogP contribution in [0.4, 0.5) is 11.4 Å². The van der Waals surface area contributed by atoms with Crippen LogP contribution in [0.2, 0.25) is 0 Å². The van der Waals surface area contributed by atoms with Gasteiger partial charge in [-0.15, -0.1) is 0 Å². The van der Waals surface area contributed by atoms with Crippen LogP contribution >= 0.6 is 0 Å². The zero-order chi connectivity index (χ0) is 19.8. The quantitative estimate of drug-likeness (QED) is 0.343. The molecule has 140 valence electrons. The number of nitro groups is 1. The summed E-state index contributed by atoms with van der Waals surface area (Å²) in [5.41, 5.74) is 2.52. The van der Waals surface area contributed by atoms with Crippen LogP contribution in [0.15, 0.2) is 47.6 Å². The molecule has 10 heteroatoms. The summed E-state index contributed by atoms with van der Waals surface area (Å²) in [6.45, 7) is 0. The second kappa shape index (κ2) is 8.94. The second-order valence-corrected chi connectivity index (χ2v) is 5.07. The van der Waals surface area contributed by atoms with E-state index in [2.05, 4.69) is 10.4 Å². The normalized spacial score (nSPS) is 10.3. The van der Waals surface area contributed by atoms with Crippen LogP contribution < -0.4 is 20.2 Å². The highest BCUT2D eigenvalue weighted by Gasteiger charge is 2.15. The van der Waals surface area contributed by atoms with Gasteiger partial charge in [0, 0.05) is 23.4 Å². The van der Waals surface area contributed by atoms with Gasteiger partial charge < -0.3 is 14.8 Å². The van der Waals surface area contributed by atoms with E-state index in [1.165, 1.54) is 38.6 Å². The third-order valence-corrected chi connectivity index (χ3v) is 3.31. The Balaban J connectivity index is 1.98. The maximum absolute atomic E-state index is 11.8. The molecule has 0 unspecified atom stereocenters. The van der Waals surface area contributed by atoms with Gasteiger partial charge >= 0.3 is 17.5 Å². The molecule has 2 rings (SSSR count). The van der Waals surface area contributed by atoms with Crippen molar-refractivity contribution in [3.05, 3.63) is 58.1 Å². The largest absolute Gasteiger partial charge is 0.497 e. The van der Waals surface area contributed by atoms with E-state index in [0.29, 0.717) is 17.0 Å². The molecule has 0 aliphatic carbocycles. The molecule has 0 heterocycles. The summed E-state index contributed by atoms with van der Waals surface area (Å²) < 4.78 is 9.91. The molecule has 0 atom stereocenters. The number of ether oxygens (including phenoxy) is 2. The Morgan fingerprint density at radius 1 is 1.11 bits per heavy atom. The first-order chi connectivity index (χ1) is 12.9. The maximum Gasteiger partial charge on any atom is 0.329 e. The van der Waals surface area contributed by atoms with Gasteiger partial charge in [-0.2, -0.15) is 5.10 Å². The number of anilines is 1. The number of benzene rings is 2. The molecular weight excluding hydrogens is 356 g/mol. The number of methoxy groups -OCH3 is 2. The van der Waals surface area contributed by atoms with E-state index in [1.807, 2.05) is 5.43 Å². The summed E-state index contributed by atoms with van der Waals surface area (Å²) in [4.78, 5) is 34.0.